The minimum Gasteiger partial charge on any atom is -0.478 e. The van der Waals surface area contributed by atoms with Crippen LogP contribution in [0.25, 0.3) is 0 Å². The van der Waals surface area contributed by atoms with Gasteiger partial charge in [0.1, 0.15) is 6.10 Å². The molecule has 108 valence electrons. The van der Waals surface area contributed by atoms with Gasteiger partial charge in [-0.15, -0.1) is 0 Å². The molecule has 0 heterocycles. The Morgan fingerprint density at radius 2 is 2.05 bits per heavy atom. The van der Waals surface area contributed by atoms with Gasteiger partial charge in [0.2, 0.25) is 0 Å². The van der Waals surface area contributed by atoms with Gasteiger partial charge in [-0.1, -0.05) is 19.1 Å². The van der Waals surface area contributed by atoms with Crippen LogP contribution in [0, 0.1) is 0 Å². The second-order valence-electron chi connectivity index (χ2n) is 4.94. The number of carbonyl (C=O) groups excluding carboxylic acids is 1. The number of aryl methyl sites for hydroxylation is 1. The van der Waals surface area contributed by atoms with Crippen LogP contribution in [0.2, 0.25) is 0 Å². The molecule has 0 bridgehead atoms. The Morgan fingerprint density at radius 1 is 1.35 bits per heavy atom. The molecule has 20 heavy (non-hydrogen) atoms. The highest BCUT2D eigenvalue weighted by Crippen LogP contribution is 2.24. The fourth-order valence-electron chi connectivity index (χ4n) is 2.55. The summed E-state index contributed by atoms with van der Waals surface area (Å²) in [5.74, 6) is -1.04. The number of aromatic carboxylic acids is 1. The Labute approximate surface area is 117 Å². The van der Waals surface area contributed by atoms with Crippen LogP contribution in [0.5, 0.6) is 0 Å². The number of anilines is 1. The normalized spacial score (nSPS) is 15.1. The molecule has 0 atom stereocenters. The van der Waals surface area contributed by atoms with Crippen molar-refractivity contribution in [2.75, 3.05) is 5.32 Å². The summed E-state index contributed by atoms with van der Waals surface area (Å²) < 4.78 is 5.28. The Hall–Kier alpha value is -2.04. The standard InChI is InChI=1S/C15H19NO4/c1-2-10-6-5-9-12(13(10)14(17)18)16-15(19)20-11-7-3-4-8-11/h5-6,9,11H,2-4,7-8H2,1H3,(H,16,19)(H,17,18). The van der Waals surface area contributed by atoms with Crippen LogP contribution in [0.1, 0.15) is 48.5 Å². The number of carbonyl (C=O) groups is 2. The van der Waals surface area contributed by atoms with Crippen LogP contribution in [0.4, 0.5) is 10.5 Å². The van der Waals surface area contributed by atoms with Crippen LogP contribution in [-0.4, -0.2) is 23.3 Å². The van der Waals surface area contributed by atoms with Crippen molar-refractivity contribution < 1.29 is 19.4 Å². The number of amides is 1. The molecule has 0 spiro atoms. The summed E-state index contributed by atoms with van der Waals surface area (Å²) in [7, 11) is 0. The van der Waals surface area contributed by atoms with Gasteiger partial charge in [0.15, 0.2) is 0 Å². The molecule has 0 aliphatic heterocycles. The number of carboxylic acid groups (broad SMARTS) is 1. The molecular weight excluding hydrogens is 258 g/mol. The number of nitrogens with one attached hydrogen (secondary N) is 1. The molecule has 1 fully saturated rings. The van der Waals surface area contributed by atoms with E-state index in [2.05, 4.69) is 5.32 Å². The quantitative estimate of drug-likeness (QED) is 0.884. The maximum atomic E-state index is 11.8. The van der Waals surface area contributed by atoms with E-state index in [1.54, 1.807) is 18.2 Å². The third-order valence-corrected chi connectivity index (χ3v) is 3.56. The fraction of sp³-hybridized carbons (Fsp3) is 0.467. The number of benzene rings is 1. The summed E-state index contributed by atoms with van der Waals surface area (Å²) in [6.07, 6.45) is 3.88. The van der Waals surface area contributed by atoms with Crippen molar-refractivity contribution in [1.82, 2.24) is 0 Å². The van der Waals surface area contributed by atoms with Gasteiger partial charge in [-0.2, -0.15) is 0 Å². The number of carboxylic acids is 1. The Bertz CT molecular complexity index is 507. The maximum Gasteiger partial charge on any atom is 0.411 e. The molecule has 1 aromatic rings. The summed E-state index contributed by atoms with van der Waals surface area (Å²) in [5, 5.41) is 11.8. The van der Waals surface area contributed by atoms with Gasteiger partial charge in [0.25, 0.3) is 0 Å². The lowest BCUT2D eigenvalue weighted by Crippen LogP contribution is -2.21. The topological polar surface area (TPSA) is 75.6 Å². The van der Waals surface area contributed by atoms with Gasteiger partial charge in [0.05, 0.1) is 11.3 Å². The van der Waals surface area contributed by atoms with E-state index in [0.717, 1.165) is 25.7 Å². The zero-order chi connectivity index (χ0) is 14.5. The van der Waals surface area contributed by atoms with Crippen molar-refractivity contribution in [2.45, 2.75) is 45.1 Å². The monoisotopic (exact) mass is 277 g/mol. The average molecular weight is 277 g/mol. The fourth-order valence-corrected chi connectivity index (χ4v) is 2.55. The molecule has 0 radical (unpaired) electrons. The number of hydrogen-bond donors (Lipinski definition) is 2. The molecule has 1 aromatic carbocycles. The van der Waals surface area contributed by atoms with E-state index < -0.39 is 12.1 Å². The lowest BCUT2D eigenvalue weighted by atomic mass is 10.0. The molecule has 1 saturated carbocycles. The predicted molar refractivity (Wildman–Crippen MR) is 75.1 cm³/mol. The third kappa shape index (κ3) is 3.29. The SMILES string of the molecule is CCc1cccc(NC(=O)OC2CCCC2)c1C(=O)O. The molecule has 1 aliphatic carbocycles. The van der Waals surface area contributed by atoms with E-state index in [-0.39, 0.29) is 11.7 Å². The van der Waals surface area contributed by atoms with E-state index in [9.17, 15) is 14.7 Å². The molecule has 5 nitrogen and oxygen atoms in total. The average Bonchev–Trinajstić information content (AvgIpc) is 2.90. The smallest absolute Gasteiger partial charge is 0.411 e. The number of hydrogen-bond acceptors (Lipinski definition) is 3. The van der Waals surface area contributed by atoms with Crippen molar-refractivity contribution in [3.63, 3.8) is 0 Å². The van der Waals surface area contributed by atoms with E-state index in [1.807, 2.05) is 6.92 Å². The van der Waals surface area contributed by atoms with E-state index in [1.165, 1.54) is 0 Å². The van der Waals surface area contributed by atoms with Gasteiger partial charge in [-0.05, 0) is 43.7 Å². The predicted octanol–water partition coefficient (Wildman–Crippen LogP) is 3.44. The largest absolute Gasteiger partial charge is 0.478 e. The van der Waals surface area contributed by atoms with Gasteiger partial charge in [0, 0.05) is 0 Å². The zero-order valence-corrected chi connectivity index (χ0v) is 11.5. The Balaban J connectivity index is 2.11. The summed E-state index contributed by atoms with van der Waals surface area (Å²) in [6.45, 7) is 1.88. The summed E-state index contributed by atoms with van der Waals surface area (Å²) >= 11 is 0. The maximum absolute atomic E-state index is 11.8. The highest BCUT2D eigenvalue weighted by molar-refractivity contribution is 6.00. The van der Waals surface area contributed by atoms with Crippen LogP contribution >= 0.6 is 0 Å². The molecule has 2 rings (SSSR count). The summed E-state index contributed by atoms with van der Waals surface area (Å²) in [4.78, 5) is 23.2. The first kappa shape index (κ1) is 14.4. The summed E-state index contributed by atoms with van der Waals surface area (Å²) in [5.41, 5.74) is 1.12. The lowest BCUT2D eigenvalue weighted by molar-refractivity contribution is 0.0697. The second kappa shape index (κ2) is 6.41. The van der Waals surface area contributed by atoms with Crippen molar-refractivity contribution >= 4 is 17.7 Å². The number of ether oxygens (including phenoxy) is 1. The lowest BCUT2D eigenvalue weighted by Gasteiger charge is -2.14. The summed E-state index contributed by atoms with van der Waals surface area (Å²) in [6, 6.07) is 5.06. The second-order valence-corrected chi connectivity index (χ2v) is 4.94. The molecule has 2 N–H and O–H groups in total. The first-order valence-corrected chi connectivity index (χ1v) is 6.94. The van der Waals surface area contributed by atoms with Gasteiger partial charge in [-0.25, -0.2) is 9.59 Å². The van der Waals surface area contributed by atoms with Crippen LogP contribution in [0.3, 0.4) is 0 Å². The van der Waals surface area contributed by atoms with Gasteiger partial charge in [-0.3, -0.25) is 5.32 Å². The van der Waals surface area contributed by atoms with E-state index >= 15 is 0 Å². The minimum atomic E-state index is -1.04. The highest BCUT2D eigenvalue weighted by atomic mass is 16.6. The van der Waals surface area contributed by atoms with Crippen LogP contribution in [0.15, 0.2) is 18.2 Å². The Morgan fingerprint density at radius 3 is 2.65 bits per heavy atom. The molecule has 0 aromatic heterocycles. The van der Waals surface area contributed by atoms with Crippen LogP contribution < -0.4 is 5.32 Å². The molecule has 1 aliphatic rings. The molecular formula is C15H19NO4. The van der Waals surface area contributed by atoms with Crippen molar-refractivity contribution in [3.8, 4) is 0 Å². The zero-order valence-electron chi connectivity index (χ0n) is 11.5. The minimum absolute atomic E-state index is 0.0439. The number of rotatable bonds is 4. The van der Waals surface area contributed by atoms with Crippen molar-refractivity contribution in [3.05, 3.63) is 29.3 Å². The molecule has 1 amide bonds. The van der Waals surface area contributed by atoms with Crippen molar-refractivity contribution in [1.29, 1.82) is 0 Å². The molecule has 0 unspecified atom stereocenters. The third-order valence-electron chi connectivity index (χ3n) is 3.56. The van der Waals surface area contributed by atoms with Crippen molar-refractivity contribution in [2.24, 2.45) is 0 Å². The molecule has 0 saturated heterocycles. The van der Waals surface area contributed by atoms with E-state index in [0.29, 0.717) is 17.7 Å². The first-order chi connectivity index (χ1) is 9.61. The molecule has 5 heteroatoms. The van der Waals surface area contributed by atoms with Crippen LogP contribution in [-0.2, 0) is 11.2 Å². The van der Waals surface area contributed by atoms with Gasteiger partial charge >= 0.3 is 12.1 Å². The first-order valence-electron chi connectivity index (χ1n) is 6.94. The van der Waals surface area contributed by atoms with E-state index in [4.69, 9.17) is 4.74 Å². The Kier molecular flexibility index (Phi) is 4.61. The van der Waals surface area contributed by atoms with Gasteiger partial charge < -0.3 is 9.84 Å². The highest BCUT2D eigenvalue weighted by Gasteiger charge is 2.21.